The van der Waals surface area contributed by atoms with Gasteiger partial charge in [-0.2, -0.15) is 0 Å². The molecule has 0 amide bonds. The summed E-state index contributed by atoms with van der Waals surface area (Å²) in [6.07, 6.45) is 1.28. The minimum Gasteiger partial charge on any atom is -0.338 e. The van der Waals surface area contributed by atoms with Crippen LogP contribution in [-0.2, 0) is 6.42 Å². The Kier molecular flexibility index (Phi) is 4.30. The van der Waals surface area contributed by atoms with Gasteiger partial charge in [-0.3, -0.25) is 4.79 Å². The molecular weight excluding hydrogens is 341 g/mol. The lowest BCUT2D eigenvalue weighted by Crippen LogP contribution is -2.19. The molecular formula is C22H22FN3O. The van der Waals surface area contributed by atoms with Crippen LogP contribution in [0.25, 0.3) is 5.69 Å². The number of aromatic nitrogens is 2. The Morgan fingerprint density at radius 2 is 1.81 bits per heavy atom. The lowest BCUT2D eigenvalue weighted by atomic mass is 9.87. The van der Waals surface area contributed by atoms with Crippen LogP contribution in [0, 0.1) is 25.6 Å². The molecule has 0 saturated carbocycles. The lowest BCUT2D eigenvalue weighted by molar-refractivity contribution is 0.0953. The van der Waals surface area contributed by atoms with Gasteiger partial charge in [0, 0.05) is 12.1 Å². The molecule has 2 aromatic carbocycles. The molecule has 138 valence electrons. The van der Waals surface area contributed by atoms with Crippen LogP contribution in [0.2, 0.25) is 0 Å². The van der Waals surface area contributed by atoms with E-state index in [2.05, 4.69) is 37.3 Å². The zero-order valence-corrected chi connectivity index (χ0v) is 15.7. The minimum absolute atomic E-state index is 0.100. The van der Waals surface area contributed by atoms with Crippen molar-refractivity contribution in [2.75, 3.05) is 5.32 Å². The third-order valence-corrected chi connectivity index (χ3v) is 5.18. The number of aryl methyl sites for hydroxylation is 2. The van der Waals surface area contributed by atoms with Gasteiger partial charge in [0.15, 0.2) is 11.6 Å². The van der Waals surface area contributed by atoms with Gasteiger partial charge in [0.25, 0.3) is 0 Å². The average Bonchev–Trinajstić information content (AvgIpc) is 2.97. The number of ketones is 1. The Morgan fingerprint density at radius 1 is 1.07 bits per heavy atom. The molecule has 0 saturated heterocycles. The summed E-state index contributed by atoms with van der Waals surface area (Å²) in [5, 5.41) is 8.01. The first-order valence-electron chi connectivity index (χ1n) is 9.17. The first-order valence-corrected chi connectivity index (χ1v) is 9.17. The SMILES string of the molecule is Cc1ccc(Nc2nn(-c3ccc(F)cc3)c3c2C(=O)C[C@@H](C)C3)cc1C. The monoisotopic (exact) mass is 363 g/mol. The van der Waals surface area contributed by atoms with E-state index in [-0.39, 0.29) is 17.5 Å². The molecule has 1 aromatic heterocycles. The number of anilines is 2. The number of carbonyl (C=O) groups excluding carboxylic acids is 1. The maximum Gasteiger partial charge on any atom is 0.168 e. The maximum atomic E-state index is 13.3. The fraction of sp³-hybridized carbons (Fsp3) is 0.273. The summed E-state index contributed by atoms with van der Waals surface area (Å²) < 4.78 is 15.1. The van der Waals surface area contributed by atoms with Gasteiger partial charge < -0.3 is 5.32 Å². The summed E-state index contributed by atoms with van der Waals surface area (Å²) in [4.78, 5) is 12.8. The standard InChI is InChI=1S/C22H22FN3O/c1-13-10-19-21(20(27)11-13)22(24-17-7-4-14(2)15(3)12-17)25-26(19)18-8-5-16(23)6-9-18/h4-9,12-13H,10-11H2,1-3H3,(H,24,25)/t13-/m0/s1. The van der Waals surface area contributed by atoms with Gasteiger partial charge in [0.2, 0.25) is 0 Å². The quantitative estimate of drug-likeness (QED) is 0.701. The van der Waals surface area contributed by atoms with E-state index in [0.29, 0.717) is 17.8 Å². The molecule has 0 aliphatic heterocycles. The smallest absolute Gasteiger partial charge is 0.168 e. The van der Waals surface area contributed by atoms with Gasteiger partial charge >= 0.3 is 0 Å². The average molecular weight is 363 g/mol. The Labute approximate surface area is 158 Å². The minimum atomic E-state index is -0.294. The predicted octanol–water partition coefficient (Wildman–Crippen LogP) is 5.14. The summed E-state index contributed by atoms with van der Waals surface area (Å²) in [6, 6.07) is 12.3. The van der Waals surface area contributed by atoms with E-state index in [0.717, 1.165) is 23.5 Å². The van der Waals surface area contributed by atoms with Crippen molar-refractivity contribution in [2.24, 2.45) is 5.92 Å². The van der Waals surface area contributed by atoms with Crippen LogP contribution in [-0.4, -0.2) is 15.6 Å². The summed E-state index contributed by atoms with van der Waals surface area (Å²) >= 11 is 0. The number of carbonyl (C=O) groups is 1. The second kappa shape index (κ2) is 6.65. The van der Waals surface area contributed by atoms with Crippen LogP contribution in [0.5, 0.6) is 0 Å². The fourth-order valence-corrected chi connectivity index (χ4v) is 3.59. The molecule has 1 atom stereocenters. The lowest BCUT2D eigenvalue weighted by Gasteiger charge is -2.19. The highest BCUT2D eigenvalue weighted by Crippen LogP contribution is 2.34. The Bertz CT molecular complexity index is 1020. The third kappa shape index (κ3) is 3.25. The second-order valence-corrected chi connectivity index (χ2v) is 7.42. The van der Waals surface area contributed by atoms with Crippen LogP contribution in [0.1, 0.15) is 40.5 Å². The fourth-order valence-electron chi connectivity index (χ4n) is 3.59. The van der Waals surface area contributed by atoms with Gasteiger partial charge in [-0.05, 0) is 73.7 Å². The van der Waals surface area contributed by atoms with E-state index >= 15 is 0 Å². The van der Waals surface area contributed by atoms with Gasteiger partial charge in [0.05, 0.1) is 16.9 Å². The van der Waals surface area contributed by atoms with E-state index in [1.165, 1.54) is 23.3 Å². The van der Waals surface area contributed by atoms with Crippen molar-refractivity contribution in [1.82, 2.24) is 9.78 Å². The molecule has 0 radical (unpaired) electrons. The number of halogens is 1. The highest BCUT2D eigenvalue weighted by Gasteiger charge is 2.31. The van der Waals surface area contributed by atoms with E-state index < -0.39 is 0 Å². The molecule has 1 aliphatic rings. The van der Waals surface area contributed by atoms with Gasteiger partial charge in [0.1, 0.15) is 5.82 Å². The first kappa shape index (κ1) is 17.5. The second-order valence-electron chi connectivity index (χ2n) is 7.42. The molecule has 1 aliphatic carbocycles. The number of Topliss-reactive ketones (excluding diaryl/α,β-unsaturated/α-hetero) is 1. The van der Waals surface area contributed by atoms with E-state index in [1.807, 2.05) is 12.1 Å². The first-order chi connectivity index (χ1) is 12.9. The molecule has 0 unspecified atom stereocenters. The summed E-state index contributed by atoms with van der Waals surface area (Å²) in [6.45, 7) is 6.19. The molecule has 4 nitrogen and oxygen atoms in total. The topological polar surface area (TPSA) is 46.9 Å². The Balaban J connectivity index is 1.82. The maximum absolute atomic E-state index is 13.3. The van der Waals surface area contributed by atoms with E-state index in [9.17, 15) is 9.18 Å². The molecule has 0 fully saturated rings. The molecule has 4 rings (SSSR count). The van der Waals surface area contributed by atoms with Crippen molar-refractivity contribution in [1.29, 1.82) is 0 Å². The highest BCUT2D eigenvalue weighted by atomic mass is 19.1. The van der Waals surface area contributed by atoms with Crippen molar-refractivity contribution >= 4 is 17.3 Å². The molecule has 0 spiro atoms. The van der Waals surface area contributed by atoms with Crippen molar-refractivity contribution < 1.29 is 9.18 Å². The van der Waals surface area contributed by atoms with Crippen LogP contribution in [0.15, 0.2) is 42.5 Å². The summed E-state index contributed by atoms with van der Waals surface area (Å²) in [5.41, 5.74) is 5.57. The molecule has 1 N–H and O–H groups in total. The number of rotatable bonds is 3. The van der Waals surface area contributed by atoms with Crippen LogP contribution >= 0.6 is 0 Å². The van der Waals surface area contributed by atoms with Crippen molar-refractivity contribution in [2.45, 2.75) is 33.6 Å². The van der Waals surface area contributed by atoms with Gasteiger partial charge in [-0.1, -0.05) is 13.0 Å². The normalized spacial score (nSPS) is 16.3. The number of hydrogen-bond acceptors (Lipinski definition) is 3. The molecule has 3 aromatic rings. The molecule has 5 heteroatoms. The van der Waals surface area contributed by atoms with E-state index in [4.69, 9.17) is 0 Å². The summed E-state index contributed by atoms with van der Waals surface area (Å²) in [7, 11) is 0. The number of nitrogens with zero attached hydrogens (tertiary/aromatic N) is 2. The van der Waals surface area contributed by atoms with Crippen LogP contribution < -0.4 is 5.32 Å². The zero-order chi connectivity index (χ0) is 19.1. The van der Waals surface area contributed by atoms with E-state index in [1.54, 1.807) is 16.8 Å². The Hall–Kier alpha value is -2.95. The number of hydrogen-bond donors (Lipinski definition) is 1. The van der Waals surface area contributed by atoms with Gasteiger partial charge in [-0.15, -0.1) is 5.10 Å². The number of fused-ring (bicyclic) bond motifs is 1. The van der Waals surface area contributed by atoms with Crippen molar-refractivity contribution in [3.63, 3.8) is 0 Å². The van der Waals surface area contributed by atoms with Crippen LogP contribution in [0.4, 0.5) is 15.9 Å². The zero-order valence-electron chi connectivity index (χ0n) is 15.7. The molecule has 0 bridgehead atoms. The summed E-state index contributed by atoms with van der Waals surface area (Å²) in [5.74, 6) is 0.631. The number of benzene rings is 2. The Morgan fingerprint density at radius 3 is 2.52 bits per heavy atom. The number of nitrogens with one attached hydrogen (secondary N) is 1. The third-order valence-electron chi connectivity index (χ3n) is 5.18. The largest absolute Gasteiger partial charge is 0.338 e. The predicted molar refractivity (Wildman–Crippen MR) is 105 cm³/mol. The highest BCUT2D eigenvalue weighted by molar-refractivity contribution is 6.03. The molecule has 1 heterocycles. The van der Waals surface area contributed by atoms with Crippen molar-refractivity contribution in [3.8, 4) is 5.69 Å². The molecule has 27 heavy (non-hydrogen) atoms. The van der Waals surface area contributed by atoms with Crippen molar-refractivity contribution in [3.05, 3.63) is 70.7 Å². The van der Waals surface area contributed by atoms with Gasteiger partial charge in [-0.25, -0.2) is 9.07 Å². The van der Waals surface area contributed by atoms with Crippen LogP contribution in [0.3, 0.4) is 0 Å².